The number of hydrogen-bond acceptors (Lipinski definition) is 2. The van der Waals surface area contributed by atoms with Gasteiger partial charge in [-0.3, -0.25) is 0 Å². The maximum Gasteiger partial charge on any atom is 0.115 e. The first-order valence-electron chi connectivity index (χ1n) is 3.66. The molecule has 1 fully saturated rings. The molecule has 1 heterocycles. The van der Waals surface area contributed by atoms with Gasteiger partial charge in [-0.25, -0.2) is 0 Å². The van der Waals surface area contributed by atoms with E-state index in [1.807, 2.05) is 0 Å². The van der Waals surface area contributed by atoms with Gasteiger partial charge < -0.3 is 11.0 Å². The van der Waals surface area contributed by atoms with E-state index in [1.165, 1.54) is 32.4 Å². The van der Waals surface area contributed by atoms with E-state index in [2.05, 4.69) is 18.1 Å². The average Bonchev–Trinajstić information content (AvgIpc) is 1.94. The van der Waals surface area contributed by atoms with Crippen molar-refractivity contribution in [2.75, 3.05) is 20.1 Å². The van der Waals surface area contributed by atoms with Crippen LogP contribution in [0.25, 0.3) is 0 Å². The average molecular weight is 117 g/mol. The van der Waals surface area contributed by atoms with Gasteiger partial charge in [0.05, 0.1) is 0 Å². The highest BCUT2D eigenvalue weighted by atomic mass is 15.1. The minimum Gasteiger partial charge on any atom is -0.344 e. The zero-order chi connectivity index (χ0) is 7.11. The fourth-order valence-corrected chi connectivity index (χ4v) is 1.05. The lowest BCUT2D eigenvalue weighted by Crippen LogP contribution is -2.24. The molecule has 0 radical (unpaired) electrons. The minimum atomic E-state index is 1.32. The first kappa shape index (κ1) is 6.05. The largest absolute Gasteiger partial charge is 0.344 e. The second-order valence-electron chi connectivity index (χ2n) is 2.36. The molecule has 1 saturated heterocycles. The van der Waals surface area contributed by atoms with Crippen LogP contribution in [-0.4, -0.2) is 25.0 Å². The Hall–Kier alpha value is -0.0800. The van der Waals surface area contributed by atoms with Crippen LogP contribution >= 0.6 is 0 Å². The van der Waals surface area contributed by atoms with E-state index in [4.69, 9.17) is 1.41 Å². The van der Waals surface area contributed by atoms with Crippen molar-refractivity contribution < 1.29 is 1.41 Å². The molecule has 50 valence electrons. The molecule has 2 heteroatoms. The van der Waals surface area contributed by atoms with Crippen molar-refractivity contribution in [2.24, 2.45) is 0 Å². The van der Waals surface area contributed by atoms with Crippen LogP contribution in [0.15, 0.2) is 0 Å². The Morgan fingerprint density at radius 1 is 1.25 bits per heavy atom. The van der Waals surface area contributed by atoms with Crippen LogP contribution in [-0.2, 0) is 0 Å². The maximum absolute atomic E-state index is 5.25. The van der Waals surface area contributed by atoms with E-state index in [9.17, 15) is 0 Å². The van der Waals surface area contributed by atoms with E-state index >= 15 is 0 Å². The van der Waals surface area contributed by atoms with Crippen LogP contribution in [0.5, 0.6) is 0 Å². The fraction of sp³-hybridized carbons (Fsp3) is 1.00. The highest BCUT2D eigenvalue weighted by Crippen LogP contribution is 2.04. The zero-order valence-electron chi connectivity index (χ0n) is 6.56. The fourth-order valence-electron chi connectivity index (χ4n) is 1.05. The van der Waals surface area contributed by atoms with E-state index in [-0.39, 0.29) is 0 Å². The summed E-state index contributed by atoms with van der Waals surface area (Å²) >= 11 is 0. The first-order valence-corrected chi connectivity index (χ1v) is 3.08. The van der Waals surface area contributed by atoms with E-state index in [0.717, 1.165) is 0 Å². The van der Waals surface area contributed by atoms with Crippen molar-refractivity contribution in [2.45, 2.75) is 19.3 Å². The van der Waals surface area contributed by atoms with Crippen LogP contribution in [0, 0.1) is 0 Å². The second kappa shape index (κ2) is 3.87. The number of nitrogens with zero attached hydrogens (tertiary/aromatic N) is 1. The smallest absolute Gasteiger partial charge is 0.115 e. The summed E-state index contributed by atoms with van der Waals surface area (Å²) in [5.74, 6) is 0. The quantitative estimate of drug-likeness (QED) is 0.518. The molecule has 0 aromatic carbocycles. The molecule has 0 saturated carbocycles. The molecule has 8 heavy (non-hydrogen) atoms. The summed E-state index contributed by atoms with van der Waals surface area (Å²) in [6.07, 6.45) is 8.03. The van der Waals surface area contributed by atoms with Gasteiger partial charge >= 0.3 is 0 Å². The third-order valence-electron chi connectivity index (χ3n) is 1.58. The molecule has 3 N–H and O–H groups in total. The first-order chi connectivity index (χ1) is 4.39. The summed E-state index contributed by atoms with van der Waals surface area (Å²) in [5.41, 5.74) is 0. The molecular weight excluding hydrogens is 100 g/mol. The molecule has 0 amide bonds. The van der Waals surface area contributed by atoms with Gasteiger partial charge in [0.2, 0.25) is 0 Å². The predicted molar refractivity (Wildman–Crippen MR) is 36.4 cm³/mol. The Morgan fingerprint density at radius 2 is 1.75 bits per heavy atom. The molecule has 2 nitrogen and oxygen atoms in total. The van der Waals surface area contributed by atoms with Crippen LogP contribution in [0.1, 0.15) is 19.3 Å². The summed E-state index contributed by atoms with van der Waals surface area (Å²) in [5, 5.41) is 0. The van der Waals surface area contributed by atoms with Crippen molar-refractivity contribution >= 4 is 0 Å². The Labute approximate surface area is 52.9 Å². The normalized spacial score (nSPS) is 23.0. The van der Waals surface area contributed by atoms with Crippen molar-refractivity contribution in [3.05, 3.63) is 0 Å². The molecule has 0 spiro atoms. The van der Waals surface area contributed by atoms with Gasteiger partial charge in [-0.15, -0.1) is 0 Å². The van der Waals surface area contributed by atoms with Crippen LogP contribution in [0.2, 0.25) is 1.41 Å². The molecule has 1 aliphatic rings. The van der Waals surface area contributed by atoms with Gasteiger partial charge in [0.1, 0.15) is 1.41 Å². The standard InChI is InChI=1S/C6H13N.H3N/c1-7-5-3-2-4-6-7;/h2-6H2,1H3;1H3/i/hD. The molecule has 0 aromatic rings. The van der Waals surface area contributed by atoms with Crippen LogP contribution in [0.4, 0.5) is 0 Å². The summed E-state index contributed by atoms with van der Waals surface area (Å²) in [6, 6.07) is 0. The topological polar surface area (TPSA) is 38.2 Å². The zero-order valence-corrected chi connectivity index (χ0v) is 5.56. The Kier molecular flexibility index (Phi) is 2.92. The summed E-state index contributed by atoms with van der Waals surface area (Å²) in [7, 11) is 2.19. The lowest BCUT2D eigenvalue weighted by molar-refractivity contribution is 0.277. The SMILES string of the molecule is CN1CCCCC1.[2H]N. The van der Waals surface area contributed by atoms with Gasteiger partial charge in [-0.05, 0) is 33.0 Å². The lowest BCUT2D eigenvalue weighted by atomic mass is 10.1. The van der Waals surface area contributed by atoms with Gasteiger partial charge in [0, 0.05) is 0 Å². The van der Waals surface area contributed by atoms with Gasteiger partial charge in [0.15, 0.2) is 0 Å². The third kappa shape index (κ3) is 2.28. The van der Waals surface area contributed by atoms with Crippen molar-refractivity contribution in [3.8, 4) is 0 Å². The van der Waals surface area contributed by atoms with Gasteiger partial charge in [0.25, 0.3) is 0 Å². The number of rotatable bonds is 0. The van der Waals surface area contributed by atoms with E-state index in [0.29, 0.717) is 0 Å². The van der Waals surface area contributed by atoms with Crippen molar-refractivity contribution in [1.82, 2.24) is 11.0 Å². The minimum absolute atomic E-state index is 1.32. The number of piperidine rings is 1. The Bertz CT molecular complexity index is 53.0. The third-order valence-corrected chi connectivity index (χ3v) is 1.58. The molecule has 1 aliphatic heterocycles. The monoisotopic (exact) mass is 117 g/mol. The van der Waals surface area contributed by atoms with Crippen LogP contribution in [0.3, 0.4) is 0 Å². The van der Waals surface area contributed by atoms with E-state index in [1.54, 1.807) is 0 Å². The summed E-state index contributed by atoms with van der Waals surface area (Å²) < 4.78 is 5.25. The highest BCUT2D eigenvalue weighted by Gasteiger charge is 2.02. The lowest BCUT2D eigenvalue weighted by Gasteiger charge is -2.20. The maximum atomic E-state index is 5.25. The van der Waals surface area contributed by atoms with E-state index < -0.39 is 0 Å². The second-order valence-corrected chi connectivity index (χ2v) is 2.36. The molecule has 1 rings (SSSR count). The van der Waals surface area contributed by atoms with Crippen molar-refractivity contribution in [3.63, 3.8) is 0 Å². The molecule has 0 aliphatic carbocycles. The van der Waals surface area contributed by atoms with Crippen LogP contribution < -0.4 is 6.14 Å². The molecule has 0 unspecified atom stereocenters. The molecule has 0 aromatic heterocycles. The molecular formula is C6H16N2. The van der Waals surface area contributed by atoms with Gasteiger partial charge in [-0.1, -0.05) is 6.42 Å². The Balaban J connectivity index is 0.000000291. The number of hydrogen-bond donors (Lipinski definition) is 1. The molecule has 0 atom stereocenters. The highest BCUT2D eigenvalue weighted by molar-refractivity contribution is 4.58. The van der Waals surface area contributed by atoms with Gasteiger partial charge in [-0.2, -0.15) is 0 Å². The van der Waals surface area contributed by atoms with Crippen molar-refractivity contribution in [1.29, 1.82) is 0 Å². The number of likely N-dealkylation sites (tertiary alicyclic amines) is 1. The summed E-state index contributed by atoms with van der Waals surface area (Å²) in [6.45, 7) is 2.64. The summed E-state index contributed by atoms with van der Waals surface area (Å²) in [4.78, 5) is 2.39. The Morgan fingerprint density at radius 3 is 2.00 bits per heavy atom. The molecule has 0 bridgehead atoms. The predicted octanol–water partition coefficient (Wildman–Crippen LogP) is 1.26.